The van der Waals surface area contributed by atoms with E-state index >= 15 is 0 Å². The number of halogens is 3. The van der Waals surface area contributed by atoms with Gasteiger partial charge in [0.1, 0.15) is 0 Å². The minimum Gasteiger partial charge on any atom is -0.374 e. The molecule has 108 valence electrons. The monoisotopic (exact) mass is 316 g/mol. The van der Waals surface area contributed by atoms with Crippen LogP contribution < -0.4 is 5.73 Å². The van der Waals surface area contributed by atoms with Crippen LogP contribution in [0.2, 0.25) is 0 Å². The van der Waals surface area contributed by atoms with Crippen molar-refractivity contribution in [1.29, 1.82) is 0 Å². The number of aromatic nitrogens is 2. The maximum absolute atomic E-state index is 12.6. The van der Waals surface area contributed by atoms with Gasteiger partial charge in [-0.1, -0.05) is 11.3 Å². The third kappa shape index (κ3) is 2.98. The summed E-state index contributed by atoms with van der Waals surface area (Å²) < 4.78 is 62.5. The van der Waals surface area contributed by atoms with E-state index in [9.17, 15) is 21.6 Å². The summed E-state index contributed by atoms with van der Waals surface area (Å²) in [6.07, 6.45) is -4.29. The first kappa shape index (κ1) is 14.5. The van der Waals surface area contributed by atoms with E-state index < -0.39 is 28.7 Å². The standard InChI is InChI=1S/C8H11F3N4O2S2/c9-8(10,11)5-2-1-3-15(4-5)19(16,17)7-14-13-6(12)18-7/h5H,1-4H2,(H2,12,13). The average molecular weight is 316 g/mol. The van der Waals surface area contributed by atoms with Crippen LogP contribution in [0.4, 0.5) is 18.3 Å². The molecule has 1 atom stereocenters. The third-order valence-electron chi connectivity index (χ3n) is 2.83. The largest absolute Gasteiger partial charge is 0.393 e. The van der Waals surface area contributed by atoms with Crippen molar-refractivity contribution < 1.29 is 21.6 Å². The van der Waals surface area contributed by atoms with Crippen molar-refractivity contribution in [3.8, 4) is 0 Å². The summed E-state index contributed by atoms with van der Waals surface area (Å²) >= 11 is 0.642. The Bertz CT molecular complexity index is 557. The van der Waals surface area contributed by atoms with Crippen molar-refractivity contribution in [3.63, 3.8) is 0 Å². The molecule has 0 aromatic carbocycles. The van der Waals surface area contributed by atoms with Gasteiger partial charge < -0.3 is 5.73 Å². The van der Waals surface area contributed by atoms with Crippen molar-refractivity contribution in [2.75, 3.05) is 18.8 Å². The Morgan fingerprint density at radius 2 is 2.05 bits per heavy atom. The summed E-state index contributed by atoms with van der Waals surface area (Å²) in [4.78, 5) is 0. The molecule has 0 radical (unpaired) electrons. The van der Waals surface area contributed by atoms with E-state index in [1.54, 1.807) is 0 Å². The minimum atomic E-state index is -4.39. The van der Waals surface area contributed by atoms with Gasteiger partial charge in [0.15, 0.2) is 0 Å². The zero-order chi connectivity index (χ0) is 14.3. The van der Waals surface area contributed by atoms with Crippen molar-refractivity contribution >= 4 is 26.5 Å². The molecule has 1 aliphatic rings. The van der Waals surface area contributed by atoms with Crippen LogP contribution in [-0.4, -0.2) is 42.2 Å². The van der Waals surface area contributed by atoms with Crippen LogP contribution in [0, 0.1) is 5.92 Å². The molecular formula is C8H11F3N4O2S2. The number of nitrogens with zero attached hydrogens (tertiary/aromatic N) is 3. The number of alkyl halides is 3. The van der Waals surface area contributed by atoms with Crippen molar-refractivity contribution in [2.45, 2.75) is 23.4 Å². The summed E-state index contributed by atoms with van der Waals surface area (Å²) in [6.45, 7) is -0.528. The van der Waals surface area contributed by atoms with E-state index in [1.165, 1.54) is 0 Å². The molecule has 1 fully saturated rings. The molecule has 2 rings (SSSR count). The highest BCUT2D eigenvalue weighted by molar-refractivity contribution is 7.91. The van der Waals surface area contributed by atoms with Crippen LogP contribution >= 0.6 is 11.3 Å². The Labute approximate surface area is 111 Å². The molecule has 1 unspecified atom stereocenters. The van der Waals surface area contributed by atoms with E-state index in [0.29, 0.717) is 11.3 Å². The molecule has 1 saturated heterocycles. The van der Waals surface area contributed by atoms with Crippen LogP contribution in [0.15, 0.2) is 4.34 Å². The van der Waals surface area contributed by atoms with Crippen LogP contribution in [-0.2, 0) is 10.0 Å². The van der Waals surface area contributed by atoms with E-state index in [-0.39, 0.29) is 28.9 Å². The second-order valence-corrected chi connectivity index (χ2v) is 7.27. The number of nitrogen functional groups attached to an aromatic ring is 1. The first-order valence-corrected chi connectivity index (χ1v) is 7.63. The van der Waals surface area contributed by atoms with Crippen molar-refractivity contribution in [2.24, 2.45) is 5.92 Å². The first-order chi connectivity index (χ1) is 8.71. The van der Waals surface area contributed by atoms with Gasteiger partial charge in [0.25, 0.3) is 10.0 Å². The summed E-state index contributed by atoms with van der Waals surface area (Å²) in [7, 11) is -4.04. The second-order valence-electron chi connectivity index (χ2n) is 4.15. The van der Waals surface area contributed by atoms with Crippen LogP contribution in [0.1, 0.15) is 12.8 Å². The smallest absolute Gasteiger partial charge is 0.374 e. The van der Waals surface area contributed by atoms with Gasteiger partial charge in [0, 0.05) is 13.1 Å². The number of hydrogen-bond acceptors (Lipinski definition) is 6. The van der Waals surface area contributed by atoms with Gasteiger partial charge in [0.05, 0.1) is 5.92 Å². The molecule has 1 aromatic heterocycles. The molecule has 0 saturated carbocycles. The maximum atomic E-state index is 12.6. The fourth-order valence-corrected chi connectivity index (χ4v) is 4.31. The van der Waals surface area contributed by atoms with Gasteiger partial charge in [-0.25, -0.2) is 8.42 Å². The summed E-state index contributed by atoms with van der Waals surface area (Å²) in [5, 5.41) is 6.71. The topological polar surface area (TPSA) is 89.2 Å². The van der Waals surface area contributed by atoms with Gasteiger partial charge in [-0.05, 0) is 12.8 Å². The number of sulfonamides is 1. The quantitative estimate of drug-likeness (QED) is 0.882. The third-order valence-corrected chi connectivity index (χ3v) is 5.79. The molecule has 11 heteroatoms. The molecule has 19 heavy (non-hydrogen) atoms. The van der Waals surface area contributed by atoms with Crippen LogP contribution in [0.25, 0.3) is 0 Å². The summed E-state index contributed by atoms with van der Waals surface area (Å²) in [6, 6.07) is 0. The fraction of sp³-hybridized carbons (Fsp3) is 0.750. The van der Waals surface area contributed by atoms with Crippen LogP contribution in [0.5, 0.6) is 0 Å². The highest BCUT2D eigenvalue weighted by atomic mass is 32.2. The molecular weight excluding hydrogens is 305 g/mol. The molecule has 0 bridgehead atoms. The van der Waals surface area contributed by atoms with Crippen molar-refractivity contribution in [3.05, 3.63) is 0 Å². The lowest BCUT2D eigenvalue weighted by Crippen LogP contribution is -2.44. The highest BCUT2D eigenvalue weighted by Crippen LogP contribution is 2.35. The Kier molecular flexibility index (Phi) is 3.71. The normalized spacial score (nSPS) is 22.6. The minimum absolute atomic E-state index is 0.0389. The molecule has 1 aromatic rings. The Morgan fingerprint density at radius 3 is 2.58 bits per heavy atom. The van der Waals surface area contributed by atoms with E-state index in [4.69, 9.17) is 5.73 Å². The predicted molar refractivity (Wildman–Crippen MR) is 61.9 cm³/mol. The predicted octanol–water partition coefficient (Wildman–Crippen LogP) is 1.08. The van der Waals surface area contributed by atoms with E-state index in [2.05, 4.69) is 10.2 Å². The highest BCUT2D eigenvalue weighted by Gasteiger charge is 2.44. The number of hydrogen-bond donors (Lipinski definition) is 1. The molecule has 1 aliphatic heterocycles. The molecule has 0 amide bonds. The van der Waals surface area contributed by atoms with Gasteiger partial charge in [0.2, 0.25) is 9.47 Å². The van der Waals surface area contributed by atoms with E-state index in [1.807, 2.05) is 0 Å². The van der Waals surface area contributed by atoms with Crippen molar-refractivity contribution in [1.82, 2.24) is 14.5 Å². The Morgan fingerprint density at radius 1 is 1.37 bits per heavy atom. The Balaban J connectivity index is 2.22. The molecule has 6 nitrogen and oxygen atoms in total. The van der Waals surface area contributed by atoms with E-state index in [0.717, 1.165) is 4.31 Å². The number of nitrogens with two attached hydrogens (primary N) is 1. The average Bonchev–Trinajstić information content (AvgIpc) is 2.76. The number of rotatable bonds is 2. The first-order valence-electron chi connectivity index (χ1n) is 5.37. The number of piperidine rings is 1. The Hall–Kier alpha value is -0.940. The van der Waals surface area contributed by atoms with Gasteiger partial charge in [-0.2, -0.15) is 17.5 Å². The SMILES string of the molecule is Nc1nnc(S(=O)(=O)N2CCCC(C(F)(F)F)C2)s1. The lowest BCUT2D eigenvalue weighted by Gasteiger charge is -2.32. The molecule has 2 heterocycles. The van der Waals surface area contributed by atoms with Gasteiger partial charge in [-0.15, -0.1) is 10.2 Å². The molecule has 0 spiro atoms. The lowest BCUT2D eigenvalue weighted by molar-refractivity contribution is -0.182. The van der Waals surface area contributed by atoms with Gasteiger partial charge in [-0.3, -0.25) is 0 Å². The molecule has 0 aliphatic carbocycles. The molecule has 2 N–H and O–H groups in total. The second kappa shape index (κ2) is 4.87. The lowest BCUT2D eigenvalue weighted by atomic mass is 9.99. The summed E-state index contributed by atoms with van der Waals surface area (Å²) in [5.41, 5.74) is 5.28. The zero-order valence-electron chi connectivity index (χ0n) is 9.59. The zero-order valence-corrected chi connectivity index (χ0v) is 11.2. The van der Waals surface area contributed by atoms with Gasteiger partial charge >= 0.3 is 6.18 Å². The number of anilines is 1. The summed E-state index contributed by atoms with van der Waals surface area (Å²) in [5.74, 6) is -1.64. The maximum Gasteiger partial charge on any atom is 0.393 e. The van der Waals surface area contributed by atoms with Crippen LogP contribution in [0.3, 0.4) is 0 Å². The fourth-order valence-electron chi connectivity index (χ4n) is 1.86.